The maximum absolute atomic E-state index is 12.8. The molecule has 1 amide bonds. The number of hydrogen-bond acceptors (Lipinski definition) is 4. The van der Waals surface area contributed by atoms with Crippen LogP contribution < -0.4 is 10.1 Å². The average Bonchev–Trinajstić information content (AvgIpc) is 2.49. The van der Waals surface area contributed by atoms with Crippen LogP contribution in [0.1, 0.15) is 12.5 Å². The fraction of sp³-hybridized carbons (Fsp3) is 0.188. The van der Waals surface area contributed by atoms with Gasteiger partial charge in [0.05, 0.1) is 4.92 Å². The van der Waals surface area contributed by atoms with Crippen molar-refractivity contribution in [3.8, 4) is 5.75 Å². The van der Waals surface area contributed by atoms with E-state index in [9.17, 15) is 19.3 Å². The summed E-state index contributed by atoms with van der Waals surface area (Å²) in [5.74, 6) is -0.438. The fourth-order valence-electron chi connectivity index (χ4n) is 1.95. The van der Waals surface area contributed by atoms with Gasteiger partial charge in [-0.3, -0.25) is 14.9 Å². The van der Waals surface area contributed by atoms with Crippen molar-refractivity contribution in [3.63, 3.8) is 0 Å². The van der Waals surface area contributed by atoms with E-state index in [2.05, 4.69) is 5.32 Å². The summed E-state index contributed by atoms with van der Waals surface area (Å²) in [4.78, 5) is 22.3. The molecule has 120 valence electrons. The SMILES string of the molecule is Cc1cc(NC(=O)[C@H](C)Oc2ccc(F)cc2)ccc1[N+](=O)[O-]. The minimum absolute atomic E-state index is 0.0152. The first-order valence-electron chi connectivity index (χ1n) is 6.85. The summed E-state index contributed by atoms with van der Waals surface area (Å²) in [6, 6.07) is 9.62. The third-order valence-electron chi connectivity index (χ3n) is 3.16. The quantitative estimate of drug-likeness (QED) is 0.676. The van der Waals surface area contributed by atoms with Crippen molar-refractivity contribution in [1.29, 1.82) is 0 Å². The Morgan fingerprint density at radius 2 is 1.91 bits per heavy atom. The Bertz CT molecular complexity index is 731. The Balaban J connectivity index is 2.02. The zero-order valence-corrected chi connectivity index (χ0v) is 12.6. The summed E-state index contributed by atoms with van der Waals surface area (Å²) in [7, 11) is 0. The topological polar surface area (TPSA) is 81.5 Å². The van der Waals surface area contributed by atoms with E-state index in [1.165, 1.54) is 42.5 Å². The van der Waals surface area contributed by atoms with Crippen LogP contribution in [0.25, 0.3) is 0 Å². The molecular weight excluding hydrogens is 303 g/mol. The largest absolute Gasteiger partial charge is 0.481 e. The fourth-order valence-corrected chi connectivity index (χ4v) is 1.95. The summed E-state index contributed by atoms with van der Waals surface area (Å²) in [6.07, 6.45) is -0.809. The highest BCUT2D eigenvalue weighted by molar-refractivity contribution is 5.94. The van der Waals surface area contributed by atoms with E-state index in [1.54, 1.807) is 13.8 Å². The van der Waals surface area contributed by atoms with E-state index in [4.69, 9.17) is 4.74 Å². The molecule has 2 aromatic rings. The van der Waals surface area contributed by atoms with Crippen LogP contribution in [0.15, 0.2) is 42.5 Å². The molecular formula is C16H15FN2O4. The van der Waals surface area contributed by atoms with Gasteiger partial charge < -0.3 is 10.1 Å². The number of anilines is 1. The number of halogens is 1. The second-order valence-corrected chi connectivity index (χ2v) is 4.96. The minimum atomic E-state index is -0.809. The standard InChI is InChI=1S/C16H15FN2O4/c1-10-9-13(5-8-15(10)19(21)22)18-16(20)11(2)23-14-6-3-12(17)4-7-14/h3-9,11H,1-2H3,(H,18,20)/t11-/m0/s1. The Hall–Kier alpha value is -2.96. The Morgan fingerprint density at radius 3 is 2.48 bits per heavy atom. The molecule has 6 nitrogen and oxygen atoms in total. The van der Waals surface area contributed by atoms with Gasteiger partial charge in [-0.1, -0.05) is 0 Å². The van der Waals surface area contributed by atoms with Crippen LogP contribution >= 0.6 is 0 Å². The predicted molar refractivity (Wildman–Crippen MR) is 83.0 cm³/mol. The molecule has 0 bridgehead atoms. The van der Waals surface area contributed by atoms with Gasteiger partial charge in [0.2, 0.25) is 0 Å². The summed E-state index contributed by atoms with van der Waals surface area (Å²) in [5.41, 5.74) is 0.867. The number of aryl methyl sites for hydroxylation is 1. The van der Waals surface area contributed by atoms with Crippen LogP contribution in [-0.4, -0.2) is 16.9 Å². The summed E-state index contributed by atoms with van der Waals surface area (Å²) in [6.45, 7) is 3.14. The van der Waals surface area contributed by atoms with Crippen molar-refractivity contribution >= 4 is 17.3 Å². The first-order valence-corrected chi connectivity index (χ1v) is 6.85. The predicted octanol–water partition coefficient (Wildman–Crippen LogP) is 3.45. The molecule has 0 fully saturated rings. The molecule has 2 rings (SSSR count). The molecule has 0 spiro atoms. The maximum atomic E-state index is 12.8. The Labute approximate surface area is 132 Å². The van der Waals surface area contributed by atoms with Gasteiger partial charge >= 0.3 is 0 Å². The van der Waals surface area contributed by atoms with Crippen LogP contribution in [-0.2, 0) is 4.79 Å². The van der Waals surface area contributed by atoms with Crippen LogP contribution in [0.5, 0.6) is 5.75 Å². The van der Waals surface area contributed by atoms with Gasteiger partial charge in [-0.25, -0.2) is 4.39 Å². The average molecular weight is 318 g/mol. The van der Waals surface area contributed by atoms with E-state index in [0.717, 1.165) is 0 Å². The molecule has 0 aliphatic heterocycles. The van der Waals surface area contributed by atoms with Gasteiger partial charge in [0.25, 0.3) is 11.6 Å². The number of nitro benzene ring substituents is 1. The summed E-state index contributed by atoms with van der Waals surface area (Å²) >= 11 is 0. The number of nitrogens with zero attached hydrogens (tertiary/aromatic N) is 1. The van der Waals surface area contributed by atoms with Crippen LogP contribution in [0.4, 0.5) is 15.8 Å². The lowest BCUT2D eigenvalue weighted by molar-refractivity contribution is -0.385. The van der Waals surface area contributed by atoms with Crippen LogP contribution in [0.3, 0.4) is 0 Å². The molecule has 0 saturated carbocycles. The van der Waals surface area contributed by atoms with Crippen molar-refractivity contribution in [1.82, 2.24) is 0 Å². The van der Waals surface area contributed by atoms with Crippen molar-refractivity contribution in [3.05, 3.63) is 64.0 Å². The van der Waals surface area contributed by atoms with Gasteiger partial charge in [-0.2, -0.15) is 0 Å². The van der Waals surface area contributed by atoms with Crippen molar-refractivity contribution < 1.29 is 18.8 Å². The highest BCUT2D eigenvalue weighted by Crippen LogP contribution is 2.22. The van der Waals surface area contributed by atoms with Gasteiger partial charge in [-0.15, -0.1) is 0 Å². The van der Waals surface area contributed by atoms with E-state index < -0.39 is 22.8 Å². The molecule has 1 atom stereocenters. The van der Waals surface area contributed by atoms with Crippen molar-refractivity contribution in [2.75, 3.05) is 5.32 Å². The zero-order chi connectivity index (χ0) is 17.0. The minimum Gasteiger partial charge on any atom is -0.481 e. The highest BCUT2D eigenvalue weighted by atomic mass is 19.1. The summed E-state index contributed by atoms with van der Waals surface area (Å²) in [5, 5.41) is 13.4. The first kappa shape index (κ1) is 16.4. The van der Waals surface area contributed by atoms with Gasteiger partial charge in [0.15, 0.2) is 6.10 Å². The number of benzene rings is 2. The monoisotopic (exact) mass is 318 g/mol. The number of hydrogen-bond donors (Lipinski definition) is 1. The number of amides is 1. The molecule has 23 heavy (non-hydrogen) atoms. The van der Waals surface area contributed by atoms with Gasteiger partial charge in [-0.05, 0) is 50.2 Å². The van der Waals surface area contributed by atoms with Gasteiger partial charge in [0.1, 0.15) is 11.6 Å². The number of rotatable bonds is 5. The Morgan fingerprint density at radius 1 is 1.26 bits per heavy atom. The van der Waals surface area contributed by atoms with E-state index >= 15 is 0 Å². The summed E-state index contributed by atoms with van der Waals surface area (Å²) < 4.78 is 18.2. The molecule has 7 heteroatoms. The van der Waals surface area contributed by atoms with E-state index in [0.29, 0.717) is 17.0 Å². The lowest BCUT2D eigenvalue weighted by Gasteiger charge is -2.15. The van der Waals surface area contributed by atoms with Crippen LogP contribution in [0, 0.1) is 22.9 Å². The maximum Gasteiger partial charge on any atom is 0.272 e. The number of ether oxygens (including phenoxy) is 1. The van der Waals surface area contributed by atoms with E-state index in [-0.39, 0.29) is 5.69 Å². The second kappa shape index (κ2) is 6.87. The Kier molecular flexibility index (Phi) is 4.90. The number of carbonyl (C=O) groups is 1. The lowest BCUT2D eigenvalue weighted by atomic mass is 10.2. The van der Waals surface area contributed by atoms with Crippen molar-refractivity contribution in [2.45, 2.75) is 20.0 Å². The number of carbonyl (C=O) groups excluding carboxylic acids is 1. The normalized spacial score (nSPS) is 11.6. The molecule has 0 aliphatic carbocycles. The molecule has 2 aromatic carbocycles. The zero-order valence-electron chi connectivity index (χ0n) is 12.6. The third kappa shape index (κ3) is 4.26. The van der Waals surface area contributed by atoms with Crippen molar-refractivity contribution in [2.24, 2.45) is 0 Å². The molecule has 0 saturated heterocycles. The first-order chi connectivity index (χ1) is 10.9. The van der Waals surface area contributed by atoms with Gasteiger partial charge in [0, 0.05) is 17.3 Å². The second-order valence-electron chi connectivity index (χ2n) is 4.96. The number of nitrogens with one attached hydrogen (secondary N) is 1. The molecule has 0 heterocycles. The molecule has 0 aromatic heterocycles. The van der Waals surface area contributed by atoms with Crippen LogP contribution in [0.2, 0.25) is 0 Å². The smallest absolute Gasteiger partial charge is 0.272 e. The third-order valence-corrected chi connectivity index (χ3v) is 3.16. The molecule has 0 radical (unpaired) electrons. The highest BCUT2D eigenvalue weighted by Gasteiger charge is 2.16. The molecule has 0 aliphatic rings. The molecule has 0 unspecified atom stereocenters. The van der Waals surface area contributed by atoms with E-state index in [1.807, 2.05) is 0 Å². The number of nitro groups is 1. The lowest BCUT2D eigenvalue weighted by Crippen LogP contribution is -2.30. The molecule has 1 N–H and O–H groups in total.